The van der Waals surface area contributed by atoms with E-state index in [0.29, 0.717) is 25.9 Å². The van der Waals surface area contributed by atoms with Crippen LogP contribution in [0.5, 0.6) is 0 Å². The zero-order chi connectivity index (χ0) is 14.7. The van der Waals surface area contributed by atoms with Crippen LogP contribution < -0.4 is 5.73 Å². The average molecular weight is 276 g/mol. The molecule has 0 saturated carbocycles. The molecule has 0 aliphatic carbocycles. The largest absolute Gasteiger partial charge is 0.481 e. The molecule has 20 heavy (non-hydrogen) atoms. The van der Waals surface area contributed by atoms with Crippen molar-refractivity contribution in [1.29, 1.82) is 0 Å². The molecule has 1 aliphatic rings. The van der Waals surface area contributed by atoms with E-state index in [1.54, 1.807) is 4.90 Å². The SMILES string of the molecule is Cc1ccc(C(N)C(=O)N2CCC(C(=O)O)CC2)cc1. The molecular weight excluding hydrogens is 256 g/mol. The number of nitrogens with two attached hydrogens (primary N) is 1. The predicted octanol–water partition coefficient (Wildman–Crippen LogP) is 1.32. The van der Waals surface area contributed by atoms with Gasteiger partial charge in [-0.3, -0.25) is 9.59 Å². The van der Waals surface area contributed by atoms with Crippen LogP contribution in [-0.2, 0) is 9.59 Å². The lowest BCUT2D eigenvalue weighted by Gasteiger charge is -2.32. The van der Waals surface area contributed by atoms with Gasteiger partial charge in [0.1, 0.15) is 6.04 Å². The van der Waals surface area contributed by atoms with Crippen LogP contribution >= 0.6 is 0 Å². The minimum atomic E-state index is -0.778. The molecule has 1 saturated heterocycles. The highest BCUT2D eigenvalue weighted by Crippen LogP contribution is 2.21. The standard InChI is InChI=1S/C15H20N2O3/c1-10-2-4-11(5-3-10)13(16)14(18)17-8-6-12(7-9-17)15(19)20/h2-5,12-13H,6-9,16H2,1H3,(H,19,20). The Bertz CT molecular complexity index is 490. The van der Waals surface area contributed by atoms with Gasteiger partial charge in [-0.1, -0.05) is 29.8 Å². The summed E-state index contributed by atoms with van der Waals surface area (Å²) in [6.07, 6.45) is 1.00. The van der Waals surface area contributed by atoms with Crippen LogP contribution in [0.3, 0.4) is 0 Å². The molecule has 0 bridgehead atoms. The Morgan fingerprint density at radius 3 is 2.30 bits per heavy atom. The van der Waals surface area contributed by atoms with Crippen LogP contribution in [0.1, 0.15) is 30.0 Å². The van der Waals surface area contributed by atoms with Gasteiger partial charge in [0.25, 0.3) is 0 Å². The monoisotopic (exact) mass is 276 g/mol. The van der Waals surface area contributed by atoms with Gasteiger partial charge < -0.3 is 15.7 Å². The summed E-state index contributed by atoms with van der Waals surface area (Å²) in [4.78, 5) is 24.9. The van der Waals surface area contributed by atoms with Gasteiger partial charge >= 0.3 is 5.97 Å². The molecule has 1 aliphatic heterocycles. The number of carboxylic acid groups (broad SMARTS) is 1. The van der Waals surface area contributed by atoms with Crippen LogP contribution in [0.4, 0.5) is 0 Å². The van der Waals surface area contributed by atoms with Crippen molar-refractivity contribution in [2.24, 2.45) is 11.7 Å². The number of nitrogens with zero attached hydrogens (tertiary/aromatic N) is 1. The fourth-order valence-corrected chi connectivity index (χ4v) is 2.46. The Morgan fingerprint density at radius 1 is 1.25 bits per heavy atom. The highest BCUT2D eigenvalue weighted by Gasteiger charge is 2.29. The van der Waals surface area contributed by atoms with Crippen LogP contribution in [0.2, 0.25) is 0 Å². The molecule has 1 aromatic carbocycles. The van der Waals surface area contributed by atoms with Gasteiger partial charge in [0.15, 0.2) is 0 Å². The van der Waals surface area contributed by atoms with Gasteiger partial charge in [0.05, 0.1) is 5.92 Å². The van der Waals surface area contributed by atoms with Crippen LogP contribution in [0, 0.1) is 12.8 Å². The van der Waals surface area contributed by atoms with E-state index in [1.165, 1.54) is 0 Å². The summed E-state index contributed by atoms with van der Waals surface area (Å²) in [7, 11) is 0. The molecule has 108 valence electrons. The summed E-state index contributed by atoms with van der Waals surface area (Å²) in [5.74, 6) is -1.24. The van der Waals surface area contributed by atoms with Crippen molar-refractivity contribution >= 4 is 11.9 Å². The fourth-order valence-electron chi connectivity index (χ4n) is 2.46. The second kappa shape index (κ2) is 6.05. The first kappa shape index (κ1) is 14.5. The maximum absolute atomic E-state index is 12.3. The fraction of sp³-hybridized carbons (Fsp3) is 0.467. The Hall–Kier alpha value is -1.88. The van der Waals surface area contributed by atoms with E-state index in [4.69, 9.17) is 10.8 Å². The Morgan fingerprint density at radius 2 is 1.80 bits per heavy atom. The maximum Gasteiger partial charge on any atom is 0.306 e. The van der Waals surface area contributed by atoms with E-state index in [0.717, 1.165) is 11.1 Å². The van der Waals surface area contributed by atoms with Gasteiger partial charge in [0.2, 0.25) is 5.91 Å². The van der Waals surface area contributed by atoms with Crippen LogP contribution in [-0.4, -0.2) is 35.0 Å². The van der Waals surface area contributed by atoms with Crippen LogP contribution in [0.15, 0.2) is 24.3 Å². The number of carbonyl (C=O) groups is 2. The lowest BCUT2D eigenvalue weighted by atomic mass is 9.96. The highest BCUT2D eigenvalue weighted by molar-refractivity contribution is 5.83. The number of carbonyl (C=O) groups excluding carboxylic acids is 1. The summed E-state index contributed by atoms with van der Waals surface area (Å²) in [6, 6.07) is 6.92. The predicted molar refractivity (Wildman–Crippen MR) is 75.0 cm³/mol. The number of amides is 1. The number of rotatable bonds is 3. The van der Waals surface area contributed by atoms with Gasteiger partial charge in [-0.15, -0.1) is 0 Å². The summed E-state index contributed by atoms with van der Waals surface area (Å²) in [6.45, 7) is 2.92. The molecular formula is C15H20N2O3. The third-order valence-electron chi connectivity index (χ3n) is 3.86. The van der Waals surface area contributed by atoms with Crippen molar-refractivity contribution in [1.82, 2.24) is 4.90 Å². The zero-order valence-corrected chi connectivity index (χ0v) is 11.6. The van der Waals surface area contributed by atoms with Crippen molar-refractivity contribution < 1.29 is 14.7 Å². The van der Waals surface area contributed by atoms with Gasteiger partial charge in [-0.05, 0) is 25.3 Å². The number of hydrogen-bond acceptors (Lipinski definition) is 3. The molecule has 5 heteroatoms. The third-order valence-corrected chi connectivity index (χ3v) is 3.86. The molecule has 3 N–H and O–H groups in total. The first-order valence-corrected chi connectivity index (χ1v) is 6.83. The van der Waals surface area contributed by atoms with Crippen molar-refractivity contribution in [2.75, 3.05) is 13.1 Å². The first-order valence-electron chi connectivity index (χ1n) is 6.83. The van der Waals surface area contributed by atoms with E-state index < -0.39 is 12.0 Å². The zero-order valence-electron chi connectivity index (χ0n) is 11.6. The molecule has 1 heterocycles. The number of aryl methyl sites for hydroxylation is 1. The highest BCUT2D eigenvalue weighted by atomic mass is 16.4. The number of hydrogen-bond donors (Lipinski definition) is 2. The molecule has 2 rings (SSSR count). The number of likely N-dealkylation sites (tertiary alicyclic amines) is 1. The molecule has 1 aromatic rings. The van der Waals surface area contributed by atoms with Gasteiger partial charge in [-0.2, -0.15) is 0 Å². The second-order valence-corrected chi connectivity index (χ2v) is 5.33. The lowest BCUT2D eigenvalue weighted by molar-refractivity contribution is -0.146. The third kappa shape index (κ3) is 3.17. The first-order chi connectivity index (χ1) is 9.49. The molecule has 0 aromatic heterocycles. The minimum Gasteiger partial charge on any atom is -0.481 e. The van der Waals surface area contributed by atoms with Crippen LogP contribution in [0.25, 0.3) is 0 Å². The molecule has 0 spiro atoms. The van der Waals surface area contributed by atoms with Crippen molar-refractivity contribution in [2.45, 2.75) is 25.8 Å². The van der Waals surface area contributed by atoms with E-state index in [-0.39, 0.29) is 11.8 Å². The normalized spacial score (nSPS) is 17.8. The molecule has 1 amide bonds. The van der Waals surface area contributed by atoms with E-state index in [9.17, 15) is 9.59 Å². The van der Waals surface area contributed by atoms with Gasteiger partial charge in [-0.25, -0.2) is 0 Å². The van der Waals surface area contributed by atoms with E-state index >= 15 is 0 Å². The minimum absolute atomic E-state index is 0.127. The average Bonchev–Trinajstić information content (AvgIpc) is 2.46. The smallest absolute Gasteiger partial charge is 0.306 e. The number of benzene rings is 1. The molecule has 1 unspecified atom stereocenters. The maximum atomic E-state index is 12.3. The van der Waals surface area contributed by atoms with E-state index in [2.05, 4.69) is 0 Å². The summed E-state index contributed by atoms with van der Waals surface area (Å²) >= 11 is 0. The number of aliphatic carboxylic acids is 1. The lowest BCUT2D eigenvalue weighted by Crippen LogP contribution is -2.44. The second-order valence-electron chi connectivity index (χ2n) is 5.33. The molecule has 1 atom stereocenters. The number of carboxylic acids is 1. The van der Waals surface area contributed by atoms with Crippen molar-refractivity contribution in [3.63, 3.8) is 0 Å². The molecule has 5 nitrogen and oxygen atoms in total. The molecule has 0 radical (unpaired) electrons. The number of piperidine rings is 1. The Kier molecular flexibility index (Phi) is 4.39. The van der Waals surface area contributed by atoms with Gasteiger partial charge in [0, 0.05) is 13.1 Å². The Labute approximate surface area is 118 Å². The summed E-state index contributed by atoms with van der Waals surface area (Å²) in [5, 5.41) is 8.95. The Balaban J connectivity index is 1.98. The van der Waals surface area contributed by atoms with Crippen molar-refractivity contribution in [3.8, 4) is 0 Å². The summed E-state index contributed by atoms with van der Waals surface area (Å²) in [5.41, 5.74) is 7.92. The quantitative estimate of drug-likeness (QED) is 0.872. The van der Waals surface area contributed by atoms with E-state index in [1.807, 2.05) is 31.2 Å². The molecule has 1 fully saturated rings. The summed E-state index contributed by atoms with van der Waals surface area (Å²) < 4.78 is 0. The topological polar surface area (TPSA) is 83.6 Å². The van der Waals surface area contributed by atoms with Crippen molar-refractivity contribution in [3.05, 3.63) is 35.4 Å².